The maximum Gasteiger partial charge on any atom is 0.307 e. The second kappa shape index (κ2) is 6.48. The van der Waals surface area contributed by atoms with Gasteiger partial charge in [-0.05, 0) is 17.5 Å². The molecule has 0 bridgehead atoms. The minimum absolute atomic E-state index is 0.363. The zero-order valence-corrected chi connectivity index (χ0v) is 11.9. The van der Waals surface area contributed by atoms with Gasteiger partial charge in [-0.2, -0.15) is 0 Å². The molecule has 20 heavy (non-hydrogen) atoms. The second-order valence-electron chi connectivity index (χ2n) is 5.09. The van der Waals surface area contributed by atoms with Crippen LogP contribution in [0.4, 0.5) is 0 Å². The maximum absolute atomic E-state index is 11.0. The van der Waals surface area contributed by atoms with E-state index in [1.165, 1.54) is 5.39 Å². The molecule has 0 radical (unpaired) electrons. The molecular formula is C16H20N2O2. The van der Waals surface area contributed by atoms with Gasteiger partial charge in [0, 0.05) is 30.9 Å². The third-order valence-corrected chi connectivity index (χ3v) is 3.55. The topological polar surface area (TPSA) is 53.4 Å². The molecule has 1 aromatic carbocycles. The third-order valence-electron chi connectivity index (χ3n) is 3.55. The summed E-state index contributed by atoms with van der Waals surface area (Å²) >= 11 is 0. The minimum atomic E-state index is -0.750. The Balaban J connectivity index is 2.19. The van der Waals surface area contributed by atoms with Crippen molar-refractivity contribution in [2.45, 2.75) is 20.4 Å². The number of carbonyl (C=O) groups is 1. The number of nitrogens with zero attached hydrogens (tertiary/aromatic N) is 2. The summed E-state index contributed by atoms with van der Waals surface area (Å²) in [6.07, 6.45) is 3.73. The monoisotopic (exact) mass is 272 g/mol. The lowest BCUT2D eigenvalue weighted by Gasteiger charge is -2.23. The normalized spacial score (nSPS) is 12.8. The van der Waals surface area contributed by atoms with Crippen molar-refractivity contribution in [3.8, 4) is 0 Å². The molecule has 1 aromatic heterocycles. The SMILES string of the molecule is CCN(Cc1cncc2ccccc12)CC(C)C(=O)O. The largest absolute Gasteiger partial charge is 0.481 e. The van der Waals surface area contributed by atoms with Crippen LogP contribution in [0.3, 0.4) is 0 Å². The molecule has 0 aliphatic carbocycles. The molecule has 0 spiro atoms. The van der Waals surface area contributed by atoms with Crippen molar-refractivity contribution in [1.82, 2.24) is 9.88 Å². The minimum Gasteiger partial charge on any atom is -0.481 e. The first-order chi connectivity index (χ1) is 9.61. The van der Waals surface area contributed by atoms with Crippen LogP contribution in [0.1, 0.15) is 19.4 Å². The molecule has 0 saturated carbocycles. The van der Waals surface area contributed by atoms with Crippen LogP contribution >= 0.6 is 0 Å². The summed E-state index contributed by atoms with van der Waals surface area (Å²) in [5.41, 5.74) is 1.14. The van der Waals surface area contributed by atoms with Gasteiger partial charge in [0.15, 0.2) is 0 Å². The van der Waals surface area contributed by atoms with Crippen LogP contribution in [-0.4, -0.2) is 34.0 Å². The van der Waals surface area contributed by atoms with Crippen LogP contribution in [0.15, 0.2) is 36.7 Å². The molecule has 0 amide bonds. The molecule has 2 aromatic rings. The number of hydrogen-bond donors (Lipinski definition) is 1. The molecular weight excluding hydrogens is 252 g/mol. The van der Waals surface area contributed by atoms with Gasteiger partial charge in [-0.3, -0.25) is 14.7 Å². The Morgan fingerprint density at radius 3 is 2.80 bits per heavy atom. The molecule has 4 nitrogen and oxygen atoms in total. The van der Waals surface area contributed by atoms with E-state index >= 15 is 0 Å². The fraction of sp³-hybridized carbons (Fsp3) is 0.375. The second-order valence-corrected chi connectivity index (χ2v) is 5.09. The summed E-state index contributed by atoms with van der Waals surface area (Å²) in [6.45, 7) is 5.89. The van der Waals surface area contributed by atoms with Crippen molar-refractivity contribution in [2.24, 2.45) is 5.92 Å². The molecule has 1 N–H and O–H groups in total. The van der Waals surface area contributed by atoms with Crippen LogP contribution < -0.4 is 0 Å². The highest BCUT2D eigenvalue weighted by Gasteiger charge is 2.16. The molecule has 4 heteroatoms. The number of fused-ring (bicyclic) bond motifs is 1. The Labute approximate surface area is 119 Å². The van der Waals surface area contributed by atoms with E-state index in [-0.39, 0.29) is 5.92 Å². The lowest BCUT2D eigenvalue weighted by Crippen LogP contribution is -2.31. The fourth-order valence-electron chi connectivity index (χ4n) is 2.32. The number of aromatic nitrogens is 1. The molecule has 0 fully saturated rings. The smallest absolute Gasteiger partial charge is 0.307 e. The van der Waals surface area contributed by atoms with E-state index in [0.717, 1.165) is 24.0 Å². The highest BCUT2D eigenvalue weighted by Crippen LogP contribution is 2.19. The first-order valence-electron chi connectivity index (χ1n) is 6.88. The third kappa shape index (κ3) is 3.33. The van der Waals surface area contributed by atoms with Crippen LogP contribution in [0.2, 0.25) is 0 Å². The Morgan fingerprint density at radius 1 is 1.35 bits per heavy atom. The summed E-state index contributed by atoms with van der Waals surface area (Å²) < 4.78 is 0. The first kappa shape index (κ1) is 14.5. The Morgan fingerprint density at radius 2 is 2.10 bits per heavy atom. The summed E-state index contributed by atoms with van der Waals surface area (Å²) in [5, 5.41) is 11.3. The Bertz CT molecular complexity index is 593. The highest BCUT2D eigenvalue weighted by atomic mass is 16.4. The fourth-order valence-corrected chi connectivity index (χ4v) is 2.32. The molecule has 1 heterocycles. The summed E-state index contributed by atoms with van der Waals surface area (Å²) in [5.74, 6) is -1.11. The number of rotatable bonds is 6. The van der Waals surface area contributed by atoms with Gasteiger partial charge in [0.05, 0.1) is 5.92 Å². The van der Waals surface area contributed by atoms with E-state index in [1.54, 1.807) is 6.92 Å². The molecule has 1 unspecified atom stereocenters. The van der Waals surface area contributed by atoms with Gasteiger partial charge in [0.2, 0.25) is 0 Å². The number of aliphatic carboxylic acids is 1. The van der Waals surface area contributed by atoms with Crippen LogP contribution in [0.25, 0.3) is 10.8 Å². The molecule has 1 atom stereocenters. The van der Waals surface area contributed by atoms with E-state index in [0.29, 0.717) is 6.54 Å². The van der Waals surface area contributed by atoms with Gasteiger partial charge < -0.3 is 5.11 Å². The van der Waals surface area contributed by atoms with E-state index in [4.69, 9.17) is 5.11 Å². The van der Waals surface area contributed by atoms with Crippen molar-refractivity contribution in [2.75, 3.05) is 13.1 Å². The zero-order chi connectivity index (χ0) is 14.5. The summed E-state index contributed by atoms with van der Waals surface area (Å²) in [6, 6.07) is 8.14. The number of carboxylic acid groups (broad SMARTS) is 1. The van der Waals surface area contributed by atoms with Crippen molar-refractivity contribution in [1.29, 1.82) is 0 Å². The molecule has 2 rings (SSSR count). The first-order valence-corrected chi connectivity index (χ1v) is 6.88. The number of carboxylic acids is 1. The maximum atomic E-state index is 11.0. The van der Waals surface area contributed by atoms with E-state index in [1.807, 2.05) is 37.5 Å². The van der Waals surface area contributed by atoms with E-state index < -0.39 is 5.97 Å². The van der Waals surface area contributed by atoms with Crippen molar-refractivity contribution in [3.63, 3.8) is 0 Å². The van der Waals surface area contributed by atoms with Crippen molar-refractivity contribution >= 4 is 16.7 Å². The van der Waals surface area contributed by atoms with E-state index in [2.05, 4.69) is 16.0 Å². The molecule has 0 aliphatic heterocycles. The lowest BCUT2D eigenvalue weighted by atomic mass is 10.1. The zero-order valence-electron chi connectivity index (χ0n) is 11.9. The summed E-state index contributed by atoms with van der Waals surface area (Å²) in [7, 11) is 0. The van der Waals surface area contributed by atoms with Gasteiger partial charge in [0.1, 0.15) is 0 Å². The summed E-state index contributed by atoms with van der Waals surface area (Å²) in [4.78, 5) is 17.4. The standard InChI is InChI=1S/C16H20N2O2/c1-3-18(10-12(2)16(19)20)11-14-9-17-8-13-6-4-5-7-15(13)14/h4-9,12H,3,10-11H2,1-2H3,(H,19,20). The Hall–Kier alpha value is -1.94. The number of pyridine rings is 1. The number of benzene rings is 1. The van der Waals surface area contributed by atoms with Crippen molar-refractivity contribution in [3.05, 3.63) is 42.2 Å². The number of hydrogen-bond acceptors (Lipinski definition) is 3. The van der Waals surface area contributed by atoms with Gasteiger partial charge in [0.25, 0.3) is 0 Å². The van der Waals surface area contributed by atoms with Crippen LogP contribution in [0, 0.1) is 5.92 Å². The Kier molecular flexibility index (Phi) is 4.69. The average molecular weight is 272 g/mol. The van der Waals surface area contributed by atoms with E-state index in [9.17, 15) is 4.79 Å². The molecule has 0 aliphatic rings. The van der Waals surface area contributed by atoms with Crippen molar-refractivity contribution < 1.29 is 9.90 Å². The quantitative estimate of drug-likeness (QED) is 0.878. The van der Waals surface area contributed by atoms with Crippen LogP contribution in [0.5, 0.6) is 0 Å². The van der Waals surface area contributed by atoms with Gasteiger partial charge in [-0.15, -0.1) is 0 Å². The van der Waals surface area contributed by atoms with Gasteiger partial charge >= 0.3 is 5.97 Å². The predicted molar refractivity (Wildman–Crippen MR) is 79.5 cm³/mol. The lowest BCUT2D eigenvalue weighted by molar-refractivity contribution is -0.141. The predicted octanol–water partition coefficient (Wildman–Crippen LogP) is 2.78. The average Bonchev–Trinajstić information content (AvgIpc) is 2.46. The van der Waals surface area contributed by atoms with Crippen LogP contribution in [-0.2, 0) is 11.3 Å². The highest BCUT2D eigenvalue weighted by molar-refractivity contribution is 5.84. The molecule has 106 valence electrons. The van der Waals surface area contributed by atoms with Gasteiger partial charge in [-0.25, -0.2) is 0 Å². The molecule has 0 saturated heterocycles. The van der Waals surface area contributed by atoms with Gasteiger partial charge in [-0.1, -0.05) is 38.1 Å².